The van der Waals surface area contributed by atoms with Crippen molar-refractivity contribution in [2.24, 2.45) is 5.73 Å². The molecule has 1 aromatic carbocycles. The third kappa shape index (κ3) is 3.78. The van der Waals surface area contributed by atoms with Gasteiger partial charge in [0, 0.05) is 24.8 Å². The van der Waals surface area contributed by atoms with E-state index >= 15 is 0 Å². The Hall–Kier alpha value is -1.94. The minimum absolute atomic E-state index is 0.410. The molecule has 3 nitrogen and oxygen atoms in total. The number of pyridine rings is 1. The van der Waals surface area contributed by atoms with E-state index in [9.17, 15) is 0 Å². The normalized spacial score (nSPS) is 10.3. The lowest BCUT2D eigenvalue weighted by molar-refractivity contribution is 0.856. The van der Waals surface area contributed by atoms with Crippen LogP contribution in [0, 0.1) is 6.92 Å². The summed E-state index contributed by atoms with van der Waals surface area (Å²) in [5, 5.41) is 0. The van der Waals surface area contributed by atoms with Crippen LogP contribution in [-0.4, -0.2) is 23.6 Å². The second-order valence-electron chi connectivity index (χ2n) is 4.88. The molecule has 0 aliphatic heterocycles. The fourth-order valence-electron chi connectivity index (χ4n) is 2.04. The third-order valence-corrected chi connectivity index (χ3v) is 3.43. The first-order valence-corrected chi connectivity index (χ1v) is 7.00. The number of aromatic nitrogens is 1. The molecule has 0 saturated carbocycles. The van der Waals surface area contributed by atoms with Crippen LogP contribution in [0.15, 0.2) is 42.5 Å². The van der Waals surface area contributed by atoms with Crippen molar-refractivity contribution in [3.8, 4) is 0 Å². The van der Waals surface area contributed by atoms with E-state index < -0.39 is 0 Å². The predicted octanol–water partition coefficient (Wildman–Crippen LogP) is 2.70. The van der Waals surface area contributed by atoms with Gasteiger partial charge in [-0.15, -0.1) is 0 Å². The molecule has 4 heteroatoms. The van der Waals surface area contributed by atoms with Crippen molar-refractivity contribution in [3.63, 3.8) is 0 Å². The highest BCUT2D eigenvalue weighted by Gasteiger charge is 2.07. The molecular weight excluding hydrogens is 266 g/mol. The zero-order chi connectivity index (χ0) is 14.5. The molecule has 0 aliphatic carbocycles. The molecule has 0 bridgehead atoms. The van der Waals surface area contributed by atoms with Crippen LogP contribution in [0.25, 0.3) is 0 Å². The highest BCUT2D eigenvalue weighted by Crippen LogP contribution is 2.14. The van der Waals surface area contributed by atoms with Crippen LogP contribution in [0.2, 0.25) is 0 Å². The fraction of sp³-hybridized carbons (Fsp3) is 0.250. The molecule has 1 heterocycles. The Morgan fingerprint density at radius 1 is 1.25 bits per heavy atom. The quantitative estimate of drug-likeness (QED) is 0.858. The molecule has 0 radical (unpaired) electrons. The molecule has 0 saturated heterocycles. The van der Waals surface area contributed by atoms with E-state index in [4.69, 9.17) is 18.0 Å². The first kappa shape index (κ1) is 14.5. The number of benzene rings is 1. The Kier molecular flexibility index (Phi) is 4.69. The van der Waals surface area contributed by atoms with E-state index in [0.29, 0.717) is 4.99 Å². The topological polar surface area (TPSA) is 42.1 Å². The van der Waals surface area contributed by atoms with Crippen LogP contribution in [0.5, 0.6) is 0 Å². The van der Waals surface area contributed by atoms with Crippen LogP contribution < -0.4 is 10.6 Å². The summed E-state index contributed by atoms with van der Waals surface area (Å²) in [5.74, 6) is 0.906. The van der Waals surface area contributed by atoms with Gasteiger partial charge in [-0.3, -0.25) is 0 Å². The maximum absolute atomic E-state index is 5.70. The summed E-state index contributed by atoms with van der Waals surface area (Å²) in [6.45, 7) is 2.85. The number of nitrogens with two attached hydrogens (primary N) is 1. The van der Waals surface area contributed by atoms with E-state index in [1.165, 1.54) is 5.56 Å². The fourth-order valence-corrected chi connectivity index (χ4v) is 2.16. The number of hydrogen-bond donors (Lipinski definition) is 1. The lowest BCUT2D eigenvalue weighted by Gasteiger charge is -2.19. The minimum Gasteiger partial charge on any atom is -0.389 e. The van der Waals surface area contributed by atoms with Crippen molar-refractivity contribution in [3.05, 3.63) is 59.3 Å². The Balaban J connectivity index is 2.09. The van der Waals surface area contributed by atoms with Crippen molar-refractivity contribution in [1.82, 2.24) is 4.98 Å². The van der Waals surface area contributed by atoms with Gasteiger partial charge in [0.15, 0.2) is 0 Å². The van der Waals surface area contributed by atoms with Crippen molar-refractivity contribution in [2.45, 2.75) is 13.3 Å². The van der Waals surface area contributed by atoms with E-state index in [2.05, 4.69) is 34.1 Å². The zero-order valence-corrected chi connectivity index (χ0v) is 12.7. The van der Waals surface area contributed by atoms with Crippen LogP contribution in [0.1, 0.15) is 16.8 Å². The molecule has 0 amide bonds. The summed E-state index contributed by atoms with van der Waals surface area (Å²) in [4.78, 5) is 7.08. The standard InChI is InChI=1S/C16H19N3S/c1-12-10-14(16(17)20)11-15(18-12)19(2)9-8-13-6-4-3-5-7-13/h3-7,10-11H,8-9H2,1-2H3,(H2,17,20). The van der Waals surface area contributed by atoms with Gasteiger partial charge in [-0.2, -0.15) is 0 Å². The number of likely N-dealkylation sites (N-methyl/N-ethyl adjacent to an activating group) is 1. The highest BCUT2D eigenvalue weighted by atomic mass is 32.1. The van der Waals surface area contributed by atoms with Gasteiger partial charge in [-0.05, 0) is 31.0 Å². The summed E-state index contributed by atoms with van der Waals surface area (Å²) in [6.07, 6.45) is 0.982. The van der Waals surface area contributed by atoms with Crippen molar-refractivity contribution < 1.29 is 0 Å². The molecular formula is C16H19N3S. The monoisotopic (exact) mass is 285 g/mol. The Labute approximate surface area is 125 Å². The number of nitrogens with zero attached hydrogens (tertiary/aromatic N) is 2. The number of aryl methyl sites for hydroxylation is 1. The average Bonchev–Trinajstić information content (AvgIpc) is 2.45. The molecule has 20 heavy (non-hydrogen) atoms. The molecule has 0 aliphatic rings. The van der Waals surface area contributed by atoms with Crippen molar-refractivity contribution in [2.75, 3.05) is 18.5 Å². The van der Waals surface area contributed by atoms with E-state index in [-0.39, 0.29) is 0 Å². The smallest absolute Gasteiger partial charge is 0.129 e. The van der Waals surface area contributed by atoms with E-state index in [1.54, 1.807) is 0 Å². The number of thiocarbonyl (C=S) groups is 1. The van der Waals surface area contributed by atoms with Crippen molar-refractivity contribution in [1.29, 1.82) is 0 Å². The van der Waals surface area contributed by atoms with Gasteiger partial charge in [0.25, 0.3) is 0 Å². The average molecular weight is 285 g/mol. The summed E-state index contributed by atoms with van der Waals surface area (Å²) in [5.41, 5.74) is 8.82. The van der Waals surface area contributed by atoms with Gasteiger partial charge in [0.1, 0.15) is 10.8 Å². The Morgan fingerprint density at radius 3 is 2.60 bits per heavy atom. The third-order valence-electron chi connectivity index (χ3n) is 3.19. The second kappa shape index (κ2) is 6.48. The van der Waals surface area contributed by atoms with Crippen LogP contribution in [0.3, 0.4) is 0 Å². The lowest BCUT2D eigenvalue weighted by Crippen LogP contribution is -2.22. The van der Waals surface area contributed by atoms with Crippen LogP contribution in [-0.2, 0) is 6.42 Å². The van der Waals surface area contributed by atoms with Crippen LogP contribution in [0.4, 0.5) is 5.82 Å². The van der Waals surface area contributed by atoms with E-state index in [0.717, 1.165) is 30.0 Å². The SMILES string of the molecule is Cc1cc(C(N)=S)cc(N(C)CCc2ccccc2)n1. The van der Waals surface area contributed by atoms with Gasteiger partial charge >= 0.3 is 0 Å². The van der Waals surface area contributed by atoms with Gasteiger partial charge in [0.05, 0.1) is 0 Å². The molecule has 0 spiro atoms. The largest absolute Gasteiger partial charge is 0.389 e. The summed E-state index contributed by atoms with van der Waals surface area (Å²) in [6, 6.07) is 14.3. The Bertz CT molecular complexity index is 596. The predicted molar refractivity (Wildman–Crippen MR) is 88.3 cm³/mol. The van der Waals surface area contributed by atoms with Gasteiger partial charge in [-0.25, -0.2) is 4.98 Å². The molecule has 1 aromatic heterocycles. The molecule has 2 rings (SSSR count). The summed E-state index contributed by atoms with van der Waals surface area (Å²) in [7, 11) is 2.04. The minimum atomic E-state index is 0.410. The first-order chi connectivity index (χ1) is 9.56. The van der Waals surface area contributed by atoms with Gasteiger partial charge in [-0.1, -0.05) is 42.5 Å². The van der Waals surface area contributed by atoms with E-state index in [1.807, 2.05) is 32.2 Å². The number of hydrogen-bond acceptors (Lipinski definition) is 3. The maximum atomic E-state index is 5.70. The second-order valence-corrected chi connectivity index (χ2v) is 5.32. The number of rotatable bonds is 5. The summed E-state index contributed by atoms with van der Waals surface area (Å²) < 4.78 is 0. The molecule has 0 unspecified atom stereocenters. The molecule has 104 valence electrons. The molecule has 2 N–H and O–H groups in total. The molecule has 0 atom stereocenters. The highest BCUT2D eigenvalue weighted by molar-refractivity contribution is 7.80. The van der Waals surface area contributed by atoms with Crippen molar-refractivity contribution >= 4 is 23.0 Å². The van der Waals surface area contributed by atoms with Gasteiger partial charge < -0.3 is 10.6 Å². The lowest BCUT2D eigenvalue weighted by atomic mass is 10.1. The summed E-state index contributed by atoms with van der Waals surface area (Å²) >= 11 is 5.04. The zero-order valence-electron chi connectivity index (χ0n) is 11.8. The van der Waals surface area contributed by atoms with Gasteiger partial charge in [0.2, 0.25) is 0 Å². The Morgan fingerprint density at radius 2 is 1.95 bits per heavy atom. The molecule has 2 aromatic rings. The maximum Gasteiger partial charge on any atom is 0.129 e. The first-order valence-electron chi connectivity index (χ1n) is 6.60. The molecule has 0 fully saturated rings. The van der Waals surface area contributed by atoms with Crippen LogP contribution >= 0.6 is 12.2 Å². The number of anilines is 1.